The highest BCUT2D eigenvalue weighted by molar-refractivity contribution is 5.95. The lowest BCUT2D eigenvalue weighted by Gasteiger charge is -2.36. The van der Waals surface area contributed by atoms with Gasteiger partial charge in [-0.15, -0.1) is 0 Å². The monoisotopic (exact) mass is 601 g/mol. The van der Waals surface area contributed by atoms with Crippen LogP contribution in [0.25, 0.3) is 0 Å². The number of amides is 4. The molecular weight excluding hydrogens is 565 g/mol. The van der Waals surface area contributed by atoms with Crippen molar-refractivity contribution in [1.29, 1.82) is 0 Å². The van der Waals surface area contributed by atoms with Crippen LogP contribution in [0.5, 0.6) is 0 Å². The molecule has 0 saturated carbocycles. The molecule has 3 N–H and O–H groups in total. The fraction of sp³-hybridized carbons (Fsp3) is 0.333. The van der Waals surface area contributed by atoms with E-state index in [-0.39, 0.29) is 24.6 Å². The molecule has 2 atom stereocenters. The second-order valence-electron chi connectivity index (χ2n) is 11.1. The van der Waals surface area contributed by atoms with Gasteiger partial charge in [-0.3, -0.25) is 9.59 Å². The Morgan fingerprint density at radius 3 is 2.20 bits per heavy atom. The van der Waals surface area contributed by atoms with Crippen LogP contribution in [0.15, 0.2) is 78.9 Å². The Hall–Kier alpha value is -4.93. The number of para-hydroxylation sites is 1. The summed E-state index contributed by atoms with van der Waals surface area (Å²) in [6.45, 7) is 3.13. The molecule has 2 aliphatic rings. The molecule has 2 aliphatic heterocycles. The molecule has 0 radical (unpaired) electrons. The first-order chi connectivity index (χ1) is 21.3. The van der Waals surface area contributed by atoms with Crippen LogP contribution in [0.3, 0.4) is 0 Å². The zero-order valence-electron chi connectivity index (χ0n) is 24.3. The van der Waals surface area contributed by atoms with Crippen LogP contribution in [-0.2, 0) is 16.0 Å². The van der Waals surface area contributed by atoms with Gasteiger partial charge in [0.15, 0.2) is 0 Å². The third-order valence-corrected chi connectivity index (χ3v) is 8.13. The van der Waals surface area contributed by atoms with Crippen molar-refractivity contribution in [3.8, 4) is 0 Å². The van der Waals surface area contributed by atoms with Gasteiger partial charge in [0, 0.05) is 57.1 Å². The molecule has 11 heteroatoms. The maximum atomic E-state index is 14.1. The van der Waals surface area contributed by atoms with Gasteiger partial charge in [0.25, 0.3) is 5.91 Å². The molecular formula is C33H36FN5O5. The summed E-state index contributed by atoms with van der Waals surface area (Å²) in [6, 6.07) is 21.3. The van der Waals surface area contributed by atoms with Gasteiger partial charge in [0.2, 0.25) is 5.91 Å². The summed E-state index contributed by atoms with van der Waals surface area (Å²) in [4.78, 5) is 56.2. The number of rotatable bonds is 8. The Morgan fingerprint density at radius 1 is 0.841 bits per heavy atom. The van der Waals surface area contributed by atoms with Gasteiger partial charge in [0.1, 0.15) is 11.9 Å². The summed E-state index contributed by atoms with van der Waals surface area (Å²) in [7, 11) is 0. The van der Waals surface area contributed by atoms with Crippen molar-refractivity contribution in [2.24, 2.45) is 5.92 Å². The number of anilines is 2. The van der Waals surface area contributed by atoms with Crippen molar-refractivity contribution in [3.05, 3.63) is 95.8 Å². The number of hydrogen-bond acceptors (Lipinski definition) is 5. The zero-order valence-corrected chi connectivity index (χ0v) is 24.3. The Kier molecular flexibility index (Phi) is 9.73. The minimum atomic E-state index is -1.18. The second kappa shape index (κ2) is 14.0. The molecule has 2 heterocycles. The number of benzene rings is 3. The van der Waals surface area contributed by atoms with Crippen LogP contribution in [0.4, 0.5) is 20.6 Å². The molecule has 1 unspecified atom stereocenters. The number of carboxylic acids is 1. The molecule has 5 rings (SSSR count). The zero-order chi connectivity index (χ0) is 31.1. The van der Waals surface area contributed by atoms with Crippen LogP contribution in [0.2, 0.25) is 0 Å². The van der Waals surface area contributed by atoms with Crippen molar-refractivity contribution in [1.82, 2.24) is 15.1 Å². The number of halogens is 1. The smallest absolute Gasteiger partial charge is 0.326 e. The molecule has 44 heavy (non-hydrogen) atoms. The first-order valence-corrected chi connectivity index (χ1v) is 14.8. The van der Waals surface area contributed by atoms with E-state index >= 15 is 0 Å². The van der Waals surface area contributed by atoms with Crippen LogP contribution < -0.4 is 15.5 Å². The molecule has 10 nitrogen and oxygen atoms in total. The Bertz CT molecular complexity index is 1480. The van der Waals surface area contributed by atoms with E-state index in [1.54, 1.807) is 35.2 Å². The van der Waals surface area contributed by atoms with E-state index < -0.39 is 35.6 Å². The standard InChI is InChI=1S/C33H36FN5O5/c34-28-11-5-4-10-27(28)31(41)39-16-6-7-24(22-39)30(40)36-29(32(42)43)21-23-12-14-25(15-13-23)35-33(44)38-19-17-37(18-20-38)26-8-2-1-3-9-26/h1-5,8-15,24,29H,6-7,16-22H2,(H,35,44)(H,36,40)(H,42,43)/t24?,29-/m0/s1. The first kappa shape index (κ1) is 30.5. The molecule has 0 aliphatic carbocycles. The van der Waals surface area contributed by atoms with E-state index in [0.29, 0.717) is 43.7 Å². The van der Waals surface area contributed by atoms with E-state index in [0.717, 1.165) is 18.8 Å². The molecule has 0 aromatic heterocycles. The number of carbonyl (C=O) groups excluding carboxylic acids is 3. The molecule has 0 spiro atoms. The summed E-state index contributed by atoms with van der Waals surface area (Å²) < 4.78 is 14.1. The molecule has 230 valence electrons. The Balaban J connectivity index is 1.12. The minimum Gasteiger partial charge on any atom is -0.480 e. The van der Waals surface area contributed by atoms with E-state index in [1.807, 2.05) is 18.2 Å². The number of urea groups is 1. The molecule has 3 aromatic carbocycles. The van der Waals surface area contributed by atoms with Gasteiger partial charge < -0.3 is 30.4 Å². The molecule has 2 saturated heterocycles. The molecule has 4 amide bonds. The van der Waals surface area contributed by atoms with Crippen LogP contribution in [0.1, 0.15) is 28.8 Å². The largest absolute Gasteiger partial charge is 0.480 e. The van der Waals surface area contributed by atoms with Crippen LogP contribution >= 0.6 is 0 Å². The van der Waals surface area contributed by atoms with Crippen LogP contribution in [0, 0.1) is 11.7 Å². The topological polar surface area (TPSA) is 122 Å². The Morgan fingerprint density at radius 2 is 1.52 bits per heavy atom. The van der Waals surface area contributed by atoms with Crippen molar-refractivity contribution < 1.29 is 28.7 Å². The SMILES string of the molecule is O=C(N[C@@H](Cc1ccc(NC(=O)N2CCN(c3ccccc3)CC2)cc1)C(=O)O)C1CCCN(C(=O)c2ccccc2F)C1. The molecule has 3 aromatic rings. The summed E-state index contributed by atoms with van der Waals surface area (Å²) in [6.07, 6.45) is 1.09. The normalized spacial score (nSPS) is 17.5. The van der Waals surface area contributed by atoms with E-state index in [9.17, 15) is 28.7 Å². The third-order valence-electron chi connectivity index (χ3n) is 8.13. The van der Waals surface area contributed by atoms with E-state index in [2.05, 4.69) is 27.7 Å². The number of nitrogens with one attached hydrogen (secondary N) is 2. The lowest BCUT2D eigenvalue weighted by atomic mass is 9.95. The van der Waals surface area contributed by atoms with E-state index in [4.69, 9.17) is 0 Å². The summed E-state index contributed by atoms with van der Waals surface area (Å²) in [5, 5.41) is 15.3. The van der Waals surface area contributed by atoms with Gasteiger partial charge in [-0.2, -0.15) is 0 Å². The third kappa shape index (κ3) is 7.52. The maximum Gasteiger partial charge on any atom is 0.326 e. The van der Waals surface area contributed by atoms with Crippen LogP contribution in [-0.4, -0.2) is 84.0 Å². The number of aliphatic carboxylic acids is 1. The van der Waals surface area contributed by atoms with Gasteiger partial charge in [0.05, 0.1) is 11.5 Å². The lowest BCUT2D eigenvalue weighted by molar-refractivity contribution is -0.142. The number of carbonyl (C=O) groups is 4. The number of likely N-dealkylation sites (tertiary alicyclic amines) is 1. The average molecular weight is 602 g/mol. The number of piperidine rings is 1. The Labute approximate surface area is 255 Å². The number of hydrogen-bond donors (Lipinski definition) is 3. The number of piperazine rings is 1. The predicted octanol–water partition coefficient (Wildman–Crippen LogP) is 3.84. The molecule has 0 bridgehead atoms. The van der Waals surface area contributed by atoms with Gasteiger partial charge in [-0.25, -0.2) is 14.0 Å². The average Bonchev–Trinajstić information content (AvgIpc) is 3.05. The lowest BCUT2D eigenvalue weighted by Crippen LogP contribution is -2.50. The van der Waals surface area contributed by atoms with Crippen molar-refractivity contribution in [2.45, 2.75) is 25.3 Å². The van der Waals surface area contributed by atoms with Crippen molar-refractivity contribution in [3.63, 3.8) is 0 Å². The summed E-state index contributed by atoms with van der Waals surface area (Å²) in [5.74, 6) is -3.35. The summed E-state index contributed by atoms with van der Waals surface area (Å²) in [5.41, 5.74) is 2.34. The second-order valence-corrected chi connectivity index (χ2v) is 11.1. The fourth-order valence-corrected chi connectivity index (χ4v) is 5.64. The van der Waals surface area contributed by atoms with Gasteiger partial charge in [-0.1, -0.05) is 42.5 Å². The van der Waals surface area contributed by atoms with Gasteiger partial charge >= 0.3 is 12.0 Å². The summed E-state index contributed by atoms with van der Waals surface area (Å²) >= 11 is 0. The highest BCUT2D eigenvalue weighted by Crippen LogP contribution is 2.21. The maximum absolute atomic E-state index is 14.1. The quantitative estimate of drug-likeness (QED) is 0.361. The highest BCUT2D eigenvalue weighted by atomic mass is 19.1. The van der Waals surface area contributed by atoms with Crippen molar-refractivity contribution >= 4 is 35.2 Å². The van der Waals surface area contributed by atoms with Gasteiger partial charge in [-0.05, 0) is 54.8 Å². The predicted molar refractivity (Wildman–Crippen MR) is 164 cm³/mol. The fourth-order valence-electron chi connectivity index (χ4n) is 5.64. The molecule has 2 fully saturated rings. The number of nitrogens with zero attached hydrogens (tertiary/aromatic N) is 3. The number of carboxylic acid groups (broad SMARTS) is 1. The minimum absolute atomic E-state index is 0.0430. The highest BCUT2D eigenvalue weighted by Gasteiger charge is 2.32. The van der Waals surface area contributed by atoms with Crippen molar-refractivity contribution in [2.75, 3.05) is 49.5 Å². The first-order valence-electron chi connectivity index (χ1n) is 14.8. The van der Waals surface area contributed by atoms with E-state index in [1.165, 1.54) is 23.1 Å².